The normalized spacial score (nSPS) is 22.9. The van der Waals surface area contributed by atoms with Crippen LogP contribution in [0.2, 0.25) is 0 Å². The molecule has 0 aromatic carbocycles. The second-order valence-electron chi connectivity index (χ2n) is 4.25. The van der Waals surface area contributed by atoms with E-state index < -0.39 is 0 Å². The monoisotopic (exact) mass is 225 g/mol. The summed E-state index contributed by atoms with van der Waals surface area (Å²) in [6.07, 6.45) is 9.01. The smallest absolute Gasteiger partial charge is 0.168 e. The van der Waals surface area contributed by atoms with Crippen molar-refractivity contribution in [2.24, 2.45) is 0 Å². The van der Waals surface area contributed by atoms with Gasteiger partial charge in [0.15, 0.2) is 5.11 Å². The summed E-state index contributed by atoms with van der Waals surface area (Å²) in [5, 5.41) is 7.07. The SMILES string of the molecule is S=C1NCN(CCC2=CCCCC2)CN1. The van der Waals surface area contributed by atoms with Crippen molar-refractivity contribution >= 4 is 17.3 Å². The van der Waals surface area contributed by atoms with Crippen molar-refractivity contribution in [3.8, 4) is 0 Å². The summed E-state index contributed by atoms with van der Waals surface area (Å²) in [6.45, 7) is 2.91. The third kappa shape index (κ3) is 3.47. The van der Waals surface area contributed by atoms with E-state index in [0.717, 1.165) is 25.0 Å². The van der Waals surface area contributed by atoms with Crippen molar-refractivity contribution in [1.82, 2.24) is 15.5 Å². The Balaban J connectivity index is 1.69. The number of rotatable bonds is 3. The second-order valence-corrected chi connectivity index (χ2v) is 4.66. The molecule has 1 heterocycles. The van der Waals surface area contributed by atoms with Crippen molar-refractivity contribution < 1.29 is 0 Å². The molecule has 0 aromatic rings. The van der Waals surface area contributed by atoms with Crippen molar-refractivity contribution in [1.29, 1.82) is 0 Å². The fourth-order valence-electron chi connectivity index (χ4n) is 2.08. The lowest BCUT2D eigenvalue weighted by molar-refractivity contribution is 0.246. The molecule has 84 valence electrons. The lowest BCUT2D eigenvalue weighted by Crippen LogP contribution is -2.53. The molecule has 0 atom stereocenters. The quantitative estimate of drug-likeness (QED) is 0.563. The largest absolute Gasteiger partial charge is 0.350 e. The Morgan fingerprint density at radius 3 is 2.73 bits per heavy atom. The molecule has 0 bridgehead atoms. The minimum absolute atomic E-state index is 0.781. The standard InChI is InChI=1S/C11H19N3S/c15-11-12-8-14(9-13-11)7-6-10-4-2-1-3-5-10/h4H,1-3,5-9H2,(H2,12,13,15). The van der Waals surface area contributed by atoms with Crippen molar-refractivity contribution in [3.63, 3.8) is 0 Å². The second kappa shape index (κ2) is 5.47. The predicted molar refractivity (Wildman–Crippen MR) is 66.5 cm³/mol. The average Bonchev–Trinajstić information content (AvgIpc) is 2.30. The molecule has 3 nitrogen and oxygen atoms in total. The minimum atomic E-state index is 0.781. The van der Waals surface area contributed by atoms with Crippen LogP contribution < -0.4 is 10.6 Å². The van der Waals surface area contributed by atoms with Gasteiger partial charge in [0, 0.05) is 6.54 Å². The molecule has 15 heavy (non-hydrogen) atoms. The molecule has 0 unspecified atom stereocenters. The molecule has 1 saturated heterocycles. The fraction of sp³-hybridized carbons (Fsp3) is 0.727. The topological polar surface area (TPSA) is 27.3 Å². The molecule has 4 heteroatoms. The van der Waals surface area contributed by atoms with E-state index in [9.17, 15) is 0 Å². The number of thiocarbonyl (C=S) groups is 1. The van der Waals surface area contributed by atoms with E-state index in [1.165, 1.54) is 32.1 Å². The summed E-state index contributed by atoms with van der Waals surface area (Å²) in [6, 6.07) is 0. The zero-order valence-electron chi connectivity index (χ0n) is 9.09. The first kappa shape index (κ1) is 10.9. The van der Waals surface area contributed by atoms with E-state index in [4.69, 9.17) is 12.2 Å². The number of hydrogen-bond acceptors (Lipinski definition) is 2. The highest BCUT2D eigenvalue weighted by atomic mass is 32.1. The van der Waals surface area contributed by atoms with Crippen molar-refractivity contribution in [2.45, 2.75) is 32.1 Å². The minimum Gasteiger partial charge on any atom is -0.350 e. The van der Waals surface area contributed by atoms with Crippen LogP contribution in [0.5, 0.6) is 0 Å². The van der Waals surface area contributed by atoms with Crippen LogP contribution in [0.3, 0.4) is 0 Å². The molecule has 1 fully saturated rings. The molecule has 0 aromatic heterocycles. The Kier molecular flexibility index (Phi) is 3.97. The highest BCUT2D eigenvalue weighted by Gasteiger charge is 2.12. The van der Waals surface area contributed by atoms with Crippen LogP contribution in [0.1, 0.15) is 32.1 Å². The molecule has 2 rings (SSSR count). The summed E-state index contributed by atoms with van der Waals surface area (Å²) in [4.78, 5) is 2.35. The maximum absolute atomic E-state index is 5.01. The first-order chi connectivity index (χ1) is 7.34. The Labute approximate surface area is 96.9 Å². The predicted octanol–water partition coefficient (Wildman–Crippen LogP) is 1.57. The molecule has 2 aliphatic rings. The van der Waals surface area contributed by atoms with Crippen LogP contribution >= 0.6 is 12.2 Å². The Morgan fingerprint density at radius 2 is 2.07 bits per heavy atom. The van der Waals surface area contributed by atoms with Crippen LogP contribution in [-0.4, -0.2) is 29.9 Å². The van der Waals surface area contributed by atoms with Gasteiger partial charge < -0.3 is 10.6 Å². The summed E-state index contributed by atoms with van der Waals surface area (Å²) >= 11 is 5.01. The van der Waals surface area contributed by atoms with Crippen LogP contribution in [0, 0.1) is 0 Å². The van der Waals surface area contributed by atoms with E-state index in [1.54, 1.807) is 5.57 Å². The van der Waals surface area contributed by atoms with Crippen LogP contribution in [-0.2, 0) is 0 Å². The first-order valence-corrected chi connectivity index (χ1v) is 6.17. The summed E-state index contributed by atoms with van der Waals surface area (Å²) < 4.78 is 0. The Hall–Kier alpha value is -0.610. The van der Waals surface area contributed by atoms with E-state index in [1.807, 2.05) is 0 Å². The van der Waals surface area contributed by atoms with E-state index in [0.29, 0.717) is 0 Å². The molecular formula is C11H19N3S. The van der Waals surface area contributed by atoms with E-state index in [-0.39, 0.29) is 0 Å². The fourth-order valence-corrected chi connectivity index (χ4v) is 2.21. The first-order valence-electron chi connectivity index (χ1n) is 5.76. The molecule has 1 aliphatic carbocycles. The molecule has 2 N–H and O–H groups in total. The van der Waals surface area contributed by atoms with Crippen LogP contribution in [0.4, 0.5) is 0 Å². The lowest BCUT2D eigenvalue weighted by atomic mass is 9.97. The van der Waals surface area contributed by atoms with Gasteiger partial charge in [-0.2, -0.15) is 0 Å². The van der Waals surface area contributed by atoms with Crippen molar-refractivity contribution in [2.75, 3.05) is 19.9 Å². The zero-order valence-corrected chi connectivity index (χ0v) is 9.91. The molecule has 1 aliphatic heterocycles. The number of nitrogens with zero attached hydrogens (tertiary/aromatic N) is 1. The average molecular weight is 225 g/mol. The highest BCUT2D eigenvalue weighted by Crippen LogP contribution is 2.20. The molecule has 0 radical (unpaired) electrons. The summed E-state index contributed by atoms with van der Waals surface area (Å²) in [7, 11) is 0. The van der Waals surface area contributed by atoms with Crippen molar-refractivity contribution in [3.05, 3.63) is 11.6 Å². The van der Waals surface area contributed by atoms with Gasteiger partial charge in [0.1, 0.15) is 0 Å². The third-order valence-corrected chi connectivity index (χ3v) is 3.35. The van der Waals surface area contributed by atoms with E-state index in [2.05, 4.69) is 21.6 Å². The maximum atomic E-state index is 5.01. The van der Waals surface area contributed by atoms with Gasteiger partial charge >= 0.3 is 0 Å². The summed E-state index contributed by atoms with van der Waals surface area (Å²) in [5.74, 6) is 0. The number of allylic oxidation sites excluding steroid dienone is 1. The Bertz CT molecular complexity index is 253. The van der Waals surface area contributed by atoms with E-state index >= 15 is 0 Å². The number of nitrogens with one attached hydrogen (secondary N) is 2. The van der Waals surface area contributed by atoms with Crippen LogP contribution in [0.25, 0.3) is 0 Å². The molecule has 0 spiro atoms. The zero-order chi connectivity index (χ0) is 10.5. The van der Waals surface area contributed by atoms with Gasteiger partial charge in [-0.15, -0.1) is 0 Å². The molecule has 0 amide bonds. The van der Waals surface area contributed by atoms with Crippen LogP contribution in [0.15, 0.2) is 11.6 Å². The van der Waals surface area contributed by atoms with Gasteiger partial charge in [0.25, 0.3) is 0 Å². The number of hydrogen-bond donors (Lipinski definition) is 2. The van der Waals surface area contributed by atoms with Gasteiger partial charge in [-0.1, -0.05) is 11.6 Å². The Morgan fingerprint density at radius 1 is 1.27 bits per heavy atom. The summed E-state index contributed by atoms with van der Waals surface area (Å²) in [5.41, 5.74) is 1.65. The highest BCUT2D eigenvalue weighted by molar-refractivity contribution is 7.80. The van der Waals surface area contributed by atoms with Gasteiger partial charge in [0.2, 0.25) is 0 Å². The lowest BCUT2D eigenvalue weighted by Gasteiger charge is -2.29. The van der Waals surface area contributed by atoms with Gasteiger partial charge in [-0.3, -0.25) is 4.90 Å². The van der Waals surface area contributed by atoms with Gasteiger partial charge in [-0.25, -0.2) is 0 Å². The molecular weight excluding hydrogens is 206 g/mol. The molecule has 0 saturated carbocycles. The van der Waals surface area contributed by atoms with Gasteiger partial charge in [-0.05, 0) is 44.3 Å². The van der Waals surface area contributed by atoms with Gasteiger partial charge in [0.05, 0.1) is 13.3 Å². The third-order valence-electron chi connectivity index (χ3n) is 3.06. The maximum Gasteiger partial charge on any atom is 0.168 e.